The summed E-state index contributed by atoms with van der Waals surface area (Å²) in [4.78, 5) is 2.48. The Morgan fingerprint density at radius 2 is 1.69 bits per heavy atom. The van der Waals surface area contributed by atoms with Crippen LogP contribution in [0.4, 0.5) is 0 Å². The number of nitrogens with zero attached hydrogens (tertiary/aromatic N) is 1. The number of morpholine rings is 1. The lowest BCUT2D eigenvalue weighted by Gasteiger charge is -2.35. The van der Waals surface area contributed by atoms with E-state index >= 15 is 0 Å². The van der Waals surface area contributed by atoms with Crippen molar-refractivity contribution in [3.63, 3.8) is 0 Å². The van der Waals surface area contributed by atoms with E-state index in [2.05, 4.69) is 33.9 Å². The van der Waals surface area contributed by atoms with Crippen LogP contribution in [0.3, 0.4) is 0 Å². The number of halogens is 1. The fourth-order valence-electron chi connectivity index (χ4n) is 3.02. The van der Waals surface area contributed by atoms with E-state index < -0.39 is 10.0 Å². The second-order valence-corrected chi connectivity index (χ2v) is 8.58. The molecule has 1 saturated heterocycles. The van der Waals surface area contributed by atoms with Crippen molar-refractivity contribution in [2.45, 2.75) is 17.9 Å². The fraction of sp³-hybridized carbons (Fsp3) is 0.368. The van der Waals surface area contributed by atoms with Crippen LogP contribution >= 0.6 is 11.6 Å². The summed E-state index contributed by atoms with van der Waals surface area (Å²) in [5.41, 5.74) is 2.27. The van der Waals surface area contributed by atoms with Gasteiger partial charge in [0, 0.05) is 30.7 Å². The van der Waals surface area contributed by atoms with Gasteiger partial charge < -0.3 is 4.74 Å². The number of rotatable bonds is 6. The largest absolute Gasteiger partial charge is 0.379 e. The summed E-state index contributed by atoms with van der Waals surface area (Å²) >= 11 is 5.85. The number of ether oxygens (including phenoxy) is 1. The average molecular weight is 395 g/mol. The van der Waals surface area contributed by atoms with Crippen molar-refractivity contribution >= 4 is 21.6 Å². The van der Waals surface area contributed by atoms with Gasteiger partial charge in [0.15, 0.2) is 0 Å². The summed E-state index contributed by atoms with van der Waals surface area (Å²) < 4.78 is 33.4. The van der Waals surface area contributed by atoms with Crippen LogP contribution in [0.2, 0.25) is 5.02 Å². The molecule has 1 N–H and O–H groups in total. The predicted molar refractivity (Wildman–Crippen MR) is 103 cm³/mol. The van der Waals surface area contributed by atoms with Gasteiger partial charge in [-0.3, -0.25) is 4.90 Å². The number of aryl methyl sites for hydroxylation is 1. The van der Waals surface area contributed by atoms with E-state index in [1.165, 1.54) is 17.7 Å². The Kier molecular flexibility index (Phi) is 6.32. The Bertz CT molecular complexity index is 817. The molecule has 0 aliphatic carbocycles. The summed E-state index contributed by atoms with van der Waals surface area (Å²) in [7, 11) is -3.59. The maximum absolute atomic E-state index is 12.6. The first-order valence-electron chi connectivity index (χ1n) is 8.59. The smallest absolute Gasteiger partial charge is 0.240 e. The maximum Gasteiger partial charge on any atom is 0.240 e. The molecule has 2 aromatic carbocycles. The number of sulfonamides is 1. The van der Waals surface area contributed by atoms with Crippen molar-refractivity contribution in [1.29, 1.82) is 0 Å². The Balaban J connectivity index is 1.78. The molecule has 0 aromatic heterocycles. The van der Waals surface area contributed by atoms with Crippen LogP contribution in [-0.4, -0.2) is 46.2 Å². The molecule has 2 aromatic rings. The van der Waals surface area contributed by atoms with Crippen LogP contribution in [0.15, 0.2) is 53.4 Å². The third-order valence-electron chi connectivity index (χ3n) is 4.54. The predicted octanol–water partition coefficient (Wildman–Crippen LogP) is 3.00. The van der Waals surface area contributed by atoms with E-state index in [1.54, 1.807) is 12.1 Å². The quantitative estimate of drug-likeness (QED) is 0.818. The lowest BCUT2D eigenvalue weighted by molar-refractivity contribution is 0.0172. The zero-order valence-electron chi connectivity index (χ0n) is 14.7. The molecule has 26 heavy (non-hydrogen) atoms. The van der Waals surface area contributed by atoms with Gasteiger partial charge in [-0.2, -0.15) is 0 Å². The van der Waals surface area contributed by atoms with Crippen molar-refractivity contribution in [2.24, 2.45) is 0 Å². The minimum atomic E-state index is -3.59. The van der Waals surface area contributed by atoms with Crippen molar-refractivity contribution in [2.75, 3.05) is 32.8 Å². The molecular weight excluding hydrogens is 372 g/mol. The topological polar surface area (TPSA) is 58.6 Å². The van der Waals surface area contributed by atoms with Crippen molar-refractivity contribution < 1.29 is 13.2 Å². The summed E-state index contributed by atoms with van der Waals surface area (Å²) in [5, 5.41) is 0.509. The number of nitrogens with one attached hydrogen (secondary N) is 1. The van der Waals surface area contributed by atoms with Gasteiger partial charge in [-0.1, -0.05) is 41.4 Å². The van der Waals surface area contributed by atoms with Gasteiger partial charge in [-0.25, -0.2) is 13.1 Å². The molecule has 0 saturated carbocycles. The Labute approximate surface area is 160 Å². The molecule has 1 atom stereocenters. The highest BCUT2D eigenvalue weighted by Gasteiger charge is 2.25. The van der Waals surface area contributed by atoms with Gasteiger partial charge in [-0.05, 0) is 36.8 Å². The van der Waals surface area contributed by atoms with Gasteiger partial charge in [0.25, 0.3) is 0 Å². The van der Waals surface area contributed by atoms with E-state index in [9.17, 15) is 8.42 Å². The number of benzene rings is 2. The molecule has 7 heteroatoms. The van der Waals surface area contributed by atoms with Crippen molar-refractivity contribution in [1.82, 2.24) is 9.62 Å². The zero-order valence-corrected chi connectivity index (χ0v) is 16.3. The zero-order chi connectivity index (χ0) is 18.6. The summed E-state index contributed by atoms with van der Waals surface area (Å²) in [6.45, 7) is 5.21. The SMILES string of the molecule is Cc1ccc(C(CNS(=O)(=O)c2ccc(Cl)cc2)N2CCOCC2)cc1. The van der Waals surface area contributed by atoms with Crippen molar-refractivity contribution in [3.05, 3.63) is 64.7 Å². The standard InChI is InChI=1S/C19H23ClN2O3S/c1-15-2-4-16(5-3-15)19(22-10-12-25-13-11-22)14-21-26(23,24)18-8-6-17(20)7-9-18/h2-9,19,21H,10-14H2,1H3. The first-order chi connectivity index (χ1) is 12.5. The molecule has 0 bridgehead atoms. The summed E-state index contributed by atoms with van der Waals surface area (Å²) in [5.74, 6) is 0. The number of hydrogen-bond acceptors (Lipinski definition) is 4. The molecule has 1 heterocycles. The monoisotopic (exact) mass is 394 g/mol. The molecule has 0 radical (unpaired) electrons. The van der Waals surface area contributed by atoms with E-state index in [0.717, 1.165) is 18.7 Å². The van der Waals surface area contributed by atoms with E-state index in [4.69, 9.17) is 16.3 Å². The van der Waals surface area contributed by atoms with Crippen LogP contribution in [0.5, 0.6) is 0 Å². The normalized spacial score (nSPS) is 17.2. The molecule has 140 valence electrons. The average Bonchev–Trinajstić information content (AvgIpc) is 2.64. The van der Waals surface area contributed by atoms with Crippen LogP contribution in [0.25, 0.3) is 0 Å². The molecule has 1 aliphatic heterocycles. The fourth-order valence-corrected chi connectivity index (χ4v) is 4.19. The van der Waals surface area contributed by atoms with Gasteiger partial charge >= 0.3 is 0 Å². The van der Waals surface area contributed by atoms with Crippen molar-refractivity contribution in [3.8, 4) is 0 Å². The van der Waals surface area contributed by atoms with Gasteiger partial charge in [0.05, 0.1) is 18.1 Å². The third-order valence-corrected chi connectivity index (χ3v) is 6.23. The molecule has 1 unspecified atom stereocenters. The van der Waals surface area contributed by atoms with Crippen LogP contribution in [0.1, 0.15) is 17.2 Å². The minimum Gasteiger partial charge on any atom is -0.379 e. The van der Waals surface area contributed by atoms with Gasteiger partial charge in [0.2, 0.25) is 10.0 Å². The molecule has 1 fully saturated rings. The third kappa shape index (κ3) is 4.84. The van der Waals surface area contributed by atoms with Crippen LogP contribution in [-0.2, 0) is 14.8 Å². The Hall–Kier alpha value is -1.44. The van der Waals surface area contributed by atoms with Crippen LogP contribution < -0.4 is 4.72 Å². The molecule has 0 amide bonds. The summed E-state index contributed by atoms with van der Waals surface area (Å²) in [6, 6.07) is 14.4. The first kappa shape index (κ1) is 19.3. The molecular formula is C19H23ClN2O3S. The van der Waals surface area contributed by atoms with E-state index in [-0.39, 0.29) is 10.9 Å². The molecule has 0 spiro atoms. The Morgan fingerprint density at radius 1 is 1.08 bits per heavy atom. The Morgan fingerprint density at radius 3 is 2.31 bits per heavy atom. The lowest BCUT2D eigenvalue weighted by atomic mass is 10.0. The number of hydrogen-bond donors (Lipinski definition) is 1. The van der Waals surface area contributed by atoms with E-state index in [1.807, 2.05) is 6.92 Å². The molecule has 5 nitrogen and oxygen atoms in total. The van der Waals surface area contributed by atoms with Crippen LogP contribution in [0, 0.1) is 6.92 Å². The summed E-state index contributed by atoms with van der Waals surface area (Å²) in [6.07, 6.45) is 0. The van der Waals surface area contributed by atoms with Gasteiger partial charge in [-0.15, -0.1) is 0 Å². The molecule has 1 aliphatic rings. The highest BCUT2D eigenvalue weighted by atomic mass is 35.5. The minimum absolute atomic E-state index is 0.0402. The second kappa shape index (κ2) is 8.50. The lowest BCUT2D eigenvalue weighted by Crippen LogP contribution is -2.43. The van der Waals surface area contributed by atoms with E-state index in [0.29, 0.717) is 24.8 Å². The van der Waals surface area contributed by atoms with Gasteiger partial charge in [0.1, 0.15) is 0 Å². The maximum atomic E-state index is 12.6. The molecule has 3 rings (SSSR count). The first-order valence-corrected chi connectivity index (χ1v) is 10.5. The second-order valence-electron chi connectivity index (χ2n) is 6.38. The highest BCUT2D eigenvalue weighted by Crippen LogP contribution is 2.23. The highest BCUT2D eigenvalue weighted by molar-refractivity contribution is 7.89.